The first-order valence-corrected chi connectivity index (χ1v) is 10.2. The first-order valence-electron chi connectivity index (χ1n) is 9.26. The van der Waals surface area contributed by atoms with Crippen LogP contribution in [0, 0.1) is 0 Å². The standard InChI is InChI=1S/C19H27N3OS/c23-19-18(8-9-22(19)16-6-7-16)21-12-10-20(11-13-21)14-15-24-17-4-2-1-3-5-17/h1-5,16,18H,6-15H2/t18-/m1/s1. The Labute approximate surface area is 149 Å². The molecule has 0 N–H and O–H groups in total. The van der Waals surface area contributed by atoms with E-state index in [9.17, 15) is 4.79 Å². The Morgan fingerprint density at radius 1 is 0.958 bits per heavy atom. The zero-order valence-corrected chi connectivity index (χ0v) is 15.1. The van der Waals surface area contributed by atoms with Gasteiger partial charge in [0.2, 0.25) is 5.91 Å². The normalized spacial score (nSPS) is 26.2. The summed E-state index contributed by atoms with van der Waals surface area (Å²) in [6.45, 7) is 6.42. The summed E-state index contributed by atoms with van der Waals surface area (Å²) in [5.41, 5.74) is 0. The molecule has 0 bridgehead atoms. The van der Waals surface area contributed by atoms with Crippen molar-refractivity contribution in [1.82, 2.24) is 14.7 Å². The van der Waals surface area contributed by atoms with Gasteiger partial charge in [0.1, 0.15) is 0 Å². The van der Waals surface area contributed by atoms with Gasteiger partial charge in [-0.15, -0.1) is 11.8 Å². The summed E-state index contributed by atoms with van der Waals surface area (Å²) < 4.78 is 0. The molecule has 130 valence electrons. The molecule has 1 atom stereocenters. The van der Waals surface area contributed by atoms with E-state index in [1.807, 2.05) is 11.8 Å². The van der Waals surface area contributed by atoms with E-state index in [0.29, 0.717) is 11.9 Å². The lowest BCUT2D eigenvalue weighted by molar-refractivity contribution is -0.133. The molecule has 3 fully saturated rings. The first kappa shape index (κ1) is 16.4. The predicted octanol–water partition coefficient (Wildman–Crippen LogP) is 2.16. The van der Waals surface area contributed by atoms with Crippen LogP contribution in [0.15, 0.2) is 35.2 Å². The van der Waals surface area contributed by atoms with Gasteiger partial charge in [0, 0.05) is 56.0 Å². The van der Waals surface area contributed by atoms with Crippen molar-refractivity contribution in [2.24, 2.45) is 0 Å². The summed E-state index contributed by atoms with van der Waals surface area (Å²) in [6.07, 6.45) is 3.50. The Balaban J connectivity index is 1.19. The van der Waals surface area contributed by atoms with Crippen molar-refractivity contribution < 1.29 is 4.79 Å². The lowest BCUT2D eigenvalue weighted by Gasteiger charge is -2.37. The molecule has 1 aromatic rings. The Kier molecular flexibility index (Phi) is 5.11. The maximum absolute atomic E-state index is 12.6. The van der Waals surface area contributed by atoms with Crippen LogP contribution in [-0.2, 0) is 4.79 Å². The zero-order chi connectivity index (χ0) is 16.4. The van der Waals surface area contributed by atoms with Gasteiger partial charge in [0.15, 0.2) is 0 Å². The average molecular weight is 346 g/mol. The largest absolute Gasteiger partial charge is 0.338 e. The third-order valence-corrected chi connectivity index (χ3v) is 6.46. The maximum atomic E-state index is 12.6. The number of nitrogens with zero attached hydrogens (tertiary/aromatic N) is 3. The summed E-state index contributed by atoms with van der Waals surface area (Å²) in [5, 5.41) is 0. The Hall–Kier alpha value is -1.04. The molecule has 2 saturated heterocycles. The van der Waals surface area contributed by atoms with Gasteiger partial charge < -0.3 is 4.90 Å². The molecule has 1 amide bonds. The SMILES string of the molecule is O=C1[C@H](N2CCN(CCSc3ccccc3)CC2)CCN1C1CC1. The molecular formula is C19H27N3OS. The fraction of sp³-hybridized carbons (Fsp3) is 0.632. The molecule has 4 nitrogen and oxygen atoms in total. The smallest absolute Gasteiger partial charge is 0.240 e. The number of carbonyl (C=O) groups excluding carboxylic acids is 1. The highest BCUT2D eigenvalue weighted by atomic mass is 32.2. The van der Waals surface area contributed by atoms with Crippen molar-refractivity contribution in [2.45, 2.75) is 36.2 Å². The van der Waals surface area contributed by atoms with Crippen molar-refractivity contribution in [2.75, 3.05) is 45.0 Å². The van der Waals surface area contributed by atoms with Gasteiger partial charge in [-0.05, 0) is 31.4 Å². The van der Waals surface area contributed by atoms with Crippen LogP contribution in [0.1, 0.15) is 19.3 Å². The number of likely N-dealkylation sites (tertiary alicyclic amines) is 1. The van der Waals surface area contributed by atoms with Gasteiger partial charge in [-0.3, -0.25) is 14.6 Å². The average Bonchev–Trinajstić information content (AvgIpc) is 3.39. The van der Waals surface area contributed by atoms with Gasteiger partial charge in [-0.25, -0.2) is 0 Å². The Morgan fingerprint density at radius 3 is 2.42 bits per heavy atom. The molecule has 1 aromatic carbocycles. The number of thioether (sulfide) groups is 1. The molecular weight excluding hydrogens is 318 g/mol. The summed E-state index contributed by atoms with van der Waals surface area (Å²) >= 11 is 1.93. The van der Waals surface area contributed by atoms with E-state index in [0.717, 1.165) is 51.4 Å². The topological polar surface area (TPSA) is 26.8 Å². The van der Waals surface area contributed by atoms with Crippen LogP contribution in [-0.4, -0.2) is 77.7 Å². The minimum absolute atomic E-state index is 0.173. The van der Waals surface area contributed by atoms with Crippen molar-refractivity contribution in [1.29, 1.82) is 0 Å². The van der Waals surface area contributed by atoms with Crippen LogP contribution in [0.5, 0.6) is 0 Å². The second-order valence-corrected chi connectivity index (χ2v) is 8.27. The van der Waals surface area contributed by atoms with Crippen LogP contribution in [0.2, 0.25) is 0 Å². The highest BCUT2D eigenvalue weighted by Crippen LogP contribution is 2.32. The monoisotopic (exact) mass is 345 g/mol. The second-order valence-electron chi connectivity index (χ2n) is 7.11. The van der Waals surface area contributed by atoms with Gasteiger partial charge in [0.25, 0.3) is 0 Å². The fourth-order valence-electron chi connectivity index (χ4n) is 3.88. The molecule has 4 rings (SSSR count). The highest BCUT2D eigenvalue weighted by molar-refractivity contribution is 7.99. The van der Waals surface area contributed by atoms with Crippen LogP contribution in [0.3, 0.4) is 0 Å². The van der Waals surface area contributed by atoms with Crippen molar-refractivity contribution in [3.63, 3.8) is 0 Å². The van der Waals surface area contributed by atoms with E-state index in [-0.39, 0.29) is 6.04 Å². The van der Waals surface area contributed by atoms with Crippen molar-refractivity contribution in [3.8, 4) is 0 Å². The minimum atomic E-state index is 0.173. The number of hydrogen-bond donors (Lipinski definition) is 0. The van der Waals surface area contributed by atoms with Crippen molar-refractivity contribution in [3.05, 3.63) is 30.3 Å². The van der Waals surface area contributed by atoms with Crippen LogP contribution < -0.4 is 0 Å². The summed E-state index contributed by atoms with van der Waals surface area (Å²) in [7, 11) is 0. The van der Waals surface area contributed by atoms with Gasteiger partial charge in [0.05, 0.1) is 6.04 Å². The minimum Gasteiger partial charge on any atom is -0.338 e. The number of benzene rings is 1. The number of hydrogen-bond acceptors (Lipinski definition) is 4. The molecule has 24 heavy (non-hydrogen) atoms. The predicted molar refractivity (Wildman–Crippen MR) is 98.3 cm³/mol. The molecule has 0 radical (unpaired) electrons. The Bertz CT molecular complexity index is 555. The van der Waals surface area contributed by atoms with Crippen LogP contribution >= 0.6 is 11.8 Å². The lowest BCUT2D eigenvalue weighted by atomic mass is 10.2. The van der Waals surface area contributed by atoms with E-state index in [2.05, 4.69) is 45.0 Å². The van der Waals surface area contributed by atoms with Gasteiger partial charge in [-0.1, -0.05) is 18.2 Å². The van der Waals surface area contributed by atoms with E-state index in [1.165, 1.54) is 17.7 Å². The summed E-state index contributed by atoms with van der Waals surface area (Å²) in [6, 6.07) is 11.4. The molecule has 3 aliphatic rings. The number of piperazine rings is 1. The molecule has 1 aliphatic carbocycles. The molecule has 0 unspecified atom stereocenters. The third-order valence-electron chi connectivity index (χ3n) is 5.47. The van der Waals surface area contributed by atoms with Gasteiger partial charge in [-0.2, -0.15) is 0 Å². The molecule has 2 aliphatic heterocycles. The summed E-state index contributed by atoms with van der Waals surface area (Å²) in [5.74, 6) is 1.55. The first-order chi connectivity index (χ1) is 11.8. The molecule has 2 heterocycles. The lowest BCUT2D eigenvalue weighted by Crippen LogP contribution is -2.52. The van der Waals surface area contributed by atoms with E-state index < -0.39 is 0 Å². The molecule has 5 heteroatoms. The zero-order valence-electron chi connectivity index (χ0n) is 14.3. The highest BCUT2D eigenvalue weighted by Gasteiger charge is 2.42. The second kappa shape index (κ2) is 7.46. The Morgan fingerprint density at radius 2 is 1.71 bits per heavy atom. The van der Waals surface area contributed by atoms with Crippen LogP contribution in [0.4, 0.5) is 0 Å². The van der Waals surface area contributed by atoms with E-state index in [1.54, 1.807) is 0 Å². The molecule has 0 aromatic heterocycles. The molecule has 0 spiro atoms. The fourth-order valence-corrected chi connectivity index (χ4v) is 4.82. The van der Waals surface area contributed by atoms with Gasteiger partial charge >= 0.3 is 0 Å². The summed E-state index contributed by atoms with van der Waals surface area (Å²) in [4.78, 5) is 21.0. The number of rotatable bonds is 6. The maximum Gasteiger partial charge on any atom is 0.240 e. The quantitative estimate of drug-likeness (QED) is 0.738. The number of carbonyl (C=O) groups is 1. The van der Waals surface area contributed by atoms with Crippen molar-refractivity contribution >= 4 is 17.7 Å². The van der Waals surface area contributed by atoms with E-state index >= 15 is 0 Å². The van der Waals surface area contributed by atoms with E-state index in [4.69, 9.17) is 0 Å². The van der Waals surface area contributed by atoms with Crippen LogP contribution in [0.25, 0.3) is 0 Å². The molecule has 1 saturated carbocycles. The number of amides is 1. The third kappa shape index (κ3) is 3.79.